The summed E-state index contributed by atoms with van der Waals surface area (Å²) >= 11 is 0. The van der Waals surface area contributed by atoms with E-state index in [1.54, 1.807) is 0 Å². The Morgan fingerprint density at radius 2 is 1.45 bits per heavy atom. The van der Waals surface area contributed by atoms with Gasteiger partial charge in [0.2, 0.25) is 0 Å². The zero-order chi connectivity index (χ0) is 21.4. The normalized spacial score (nSPS) is 13.1. The van der Waals surface area contributed by atoms with Crippen LogP contribution in [0.1, 0.15) is 44.5 Å². The largest absolute Gasteiger partial charge is 0.287 e. The molecule has 0 amide bonds. The van der Waals surface area contributed by atoms with Crippen molar-refractivity contribution in [1.29, 1.82) is 0 Å². The summed E-state index contributed by atoms with van der Waals surface area (Å²) in [6.07, 6.45) is 3.99. The molecule has 0 fully saturated rings. The molecule has 3 aromatic carbocycles. The molecule has 31 heavy (non-hydrogen) atoms. The number of hydrogen-bond donors (Lipinski definition) is 0. The van der Waals surface area contributed by atoms with E-state index >= 15 is 0 Å². The van der Waals surface area contributed by atoms with Crippen LogP contribution < -0.4 is 4.57 Å². The zero-order valence-electron chi connectivity index (χ0n) is 18.9. The van der Waals surface area contributed by atoms with E-state index in [1.807, 2.05) is 6.33 Å². The predicted octanol–water partition coefficient (Wildman–Crippen LogP) is 5.95. The highest BCUT2D eigenvalue weighted by Crippen LogP contribution is 2.46. The van der Waals surface area contributed by atoms with Crippen LogP contribution in [0.15, 0.2) is 48.8 Å². The average molecular weight is 404 g/mol. The van der Waals surface area contributed by atoms with Gasteiger partial charge in [0, 0.05) is 17.5 Å². The summed E-state index contributed by atoms with van der Waals surface area (Å²) in [6.45, 7) is 8.83. The van der Waals surface area contributed by atoms with E-state index in [9.17, 15) is 0 Å². The molecule has 0 aliphatic heterocycles. The first kappa shape index (κ1) is 18.5. The lowest BCUT2D eigenvalue weighted by Gasteiger charge is -2.13. The molecule has 6 rings (SSSR count). The third-order valence-corrected chi connectivity index (χ3v) is 7.24. The predicted molar refractivity (Wildman–Crippen MR) is 126 cm³/mol. The highest BCUT2D eigenvalue weighted by atomic mass is 15.0. The maximum atomic E-state index is 4.92. The number of fused-ring (bicyclic) bond motifs is 6. The maximum absolute atomic E-state index is 4.92. The fourth-order valence-electron chi connectivity index (χ4n) is 5.59. The van der Waals surface area contributed by atoms with Crippen molar-refractivity contribution in [2.24, 2.45) is 7.05 Å². The molecule has 2 aliphatic rings. The number of hydrogen-bond acceptors (Lipinski definition) is 1. The van der Waals surface area contributed by atoms with Crippen molar-refractivity contribution >= 4 is 0 Å². The second kappa shape index (κ2) is 6.37. The summed E-state index contributed by atoms with van der Waals surface area (Å²) in [4.78, 5) is 4.92. The molecule has 0 bridgehead atoms. The van der Waals surface area contributed by atoms with Gasteiger partial charge in [-0.3, -0.25) is 0 Å². The molecular formula is C29H27N2+. The SMILES string of the molecule is Cc1ccc2c(c1)-c1cc3c(cc1C2)Cc1c-3nc[n+](C)c1-c1cc(C)cc(C)c1C. The van der Waals surface area contributed by atoms with Crippen LogP contribution >= 0.6 is 0 Å². The molecule has 0 spiro atoms. The van der Waals surface area contributed by atoms with Gasteiger partial charge in [-0.05, 0) is 90.2 Å². The number of aryl methyl sites for hydroxylation is 4. The molecule has 0 radical (unpaired) electrons. The Balaban J connectivity index is 1.57. The van der Waals surface area contributed by atoms with Gasteiger partial charge in [-0.1, -0.05) is 41.5 Å². The summed E-state index contributed by atoms with van der Waals surface area (Å²) in [5, 5.41) is 0. The highest BCUT2D eigenvalue weighted by molar-refractivity contribution is 5.87. The van der Waals surface area contributed by atoms with Crippen LogP contribution in [0.3, 0.4) is 0 Å². The second-order valence-corrected chi connectivity index (χ2v) is 9.47. The minimum absolute atomic E-state index is 0.955. The summed E-state index contributed by atoms with van der Waals surface area (Å²) in [5.41, 5.74) is 18.9. The molecule has 152 valence electrons. The van der Waals surface area contributed by atoms with Crippen LogP contribution in [-0.2, 0) is 19.9 Å². The number of nitrogens with zero attached hydrogens (tertiary/aromatic N) is 2. The van der Waals surface area contributed by atoms with Gasteiger partial charge in [0.15, 0.2) is 5.69 Å². The maximum Gasteiger partial charge on any atom is 0.287 e. The standard InChI is InChI=1S/C29H27N2/c1-16-6-7-20-11-21-12-22-13-27-28(26(22)14-25(21)24(20)9-16)30-15-31(5)29(27)23-10-17(2)8-18(3)19(23)4/h6-10,12,14-15H,11,13H2,1-5H3/q+1. The summed E-state index contributed by atoms with van der Waals surface area (Å²) < 4.78 is 2.21. The Morgan fingerprint density at radius 1 is 0.710 bits per heavy atom. The molecular weight excluding hydrogens is 376 g/mol. The van der Waals surface area contributed by atoms with E-state index in [0.29, 0.717) is 0 Å². The van der Waals surface area contributed by atoms with E-state index in [1.165, 1.54) is 72.5 Å². The van der Waals surface area contributed by atoms with Gasteiger partial charge in [-0.15, -0.1) is 0 Å². The molecule has 0 saturated heterocycles. The van der Waals surface area contributed by atoms with Crippen LogP contribution in [0, 0.1) is 27.7 Å². The summed E-state index contributed by atoms with van der Waals surface area (Å²) in [5.74, 6) is 0. The molecule has 0 N–H and O–H groups in total. The minimum atomic E-state index is 0.955. The molecule has 2 nitrogen and oxygen atoms in total. The van der Waals surface area contributed by atoms with Gasteiger partial charge >= 0.3 is 0 Å². The minimum Gasteiger partial charge on any atom is -0.232 e. The van der Waals surface area contributed by atoms with Crippen molar-refractivity contribution in [3.05, 3.63) is 93.3 Å². The lowest BCUT2D eigenvalue weighted by Crippen LogP contribution is -2.33. The first-order valence-electron chi connectivity index (χ1n) is 11.1. The fourth-order valence-corrected chi connectivity index (χ4v) is 5.59. The van der Waals surface area contributed by atoms with E-state index in [-0.39, 0.29) is 0 Å². The van der Waals surface area contributed by atoms with Crippen molar-refractivity contribution < 1.29 is 4.57 Å². The van der Waals surface area contributed by atoms with Crippen LogP contribution in [-0.4, -0.2) is 4.98 Å². The Kier molecular flexibility index (Phi) is 3.80. The Hall–Kier alpha value is -3.26. The topological polar surface area (TPSA) is 16.8 Å². The number of benzene rings is 3. The van der Waals surface area contributed by atoms with Crippen molar-refractivity contribution in [2.75, 3.05) is 0 Å². The Morgan fingerprint density at radius 3 is 2.29 bits per heavy atom. The van der Waals surface area contributed by atoms with Gasteiger partial charge in [0.1, 0.15) is 5.69 Å². The molecule has 2 aliphatic carbocycles. The lowest BCUT2D eigenvalue weighted by atomic mass is 9.94. The average Bonchev–Trinajstić information content (AvgIpc) is 3.26. The molecule has 0 atom stereocenters. The third kappa shape index (κ3) is 2.64. The van der Waals surface area contributed by atoms with Crippen LogP contribution in [0.5, 0.6) is 0 Å². The summed E-state index contributed by atoms with van der Waals surface area (Å²) in [6, 6.07) is 16.3. The van der Waals surface area contributed by atoms with Gasteiger partial charge in [0.05, 0.1) is 12.6 Å². The van der Waals surface area contributed by atoms with E-state index in [4.69, 9.17) is 4.98 Å². The molecule has 1 aromatic heterocycles. The summed E-state index contributed by atoms with van der Waals surface area (Å²) in [7, 11) is 2.13. The third-order valence-electron chi connectivity index (χ3n) is 7.24. The van der Waals surface area contributed by atoms with Gasteiger partial charge in [0.25, 0.3) is 6.33 Å². The smallest absolute Gasteiger partial charge is 0.232 e. The van der Waals surface area contributed by atoms with Gasteiger partial charge in [-0.2, -0.15) is 0 Å². The van der Waals surface area contributed by atoms with Gasteiger partial charge in [-0.25, -0.2) is 4.57 Å². The van der Waals surface area contributed by atoms with Crippen molar-refractivity contribution in [1.82, 2.24) is 4.98 Å². The van der Waals surface area contributed by atoms with E-state index in [0.717, 1.165) is 18.5 Å². The van der Waals surface area contributed by atoms with E-state index in [2.05, 4.69) is 81.8 Å². The lowest BCUT2D eigenvalue weighted by molar-refractivity contribution is -0.663. The van der Waals surface area contributed by atoms with E-state index < -0.39 is 0 Å². The molecule has 0 saturated carbocycles. The first-order valence-corrected chi connectivity index (χ1v) is 11.1. The van der Waals surface area contributed by atoms with Gasteiger partial charge < -0.3 is 0 Å². The fraction of sp³-hybridized carbons (Fsp3) is 0.241. The molecule has 0 unspecified atom stereocenters. The van der Waals surface area contributed by atoms with Crippen LogP contribution in [0.2, 0.25) is 0 Å². The highest BCUT2D eigenvalue weighted by Gasteiger charge is 2.33. The Bertz CT molecular complexity index is 1430. The number of rotatable bonds is 1. The molecule has 2 heteroatoms. The quantitative estimate of drug-likeness (QED) is 0.310. The van der Waals surface area contributed by atoms with Crippen molar-refractivity contribution in [3.63, 3.8) is 0 Å². The Labute approximate surface area is 184 Å². The van der Waals surface area contributed by atoms with Crippen molar-refractivity contribution in [3.8, 4) is 33.6 Å². The molecule has 1 heterocycles. The molecule has 4 aromatic rings. The second-order valence-electron chi connectivity index (χ2n) is 9.47. The monoisotopic (exact) mass is 403 g/mol. The first-order chi connectivity index (χ1) is 14.9. The zero-order valence-corrected chi connectivity index (χ0v) is 18.9. The number of aromatic nitrogens is 2. The van der Waals surface area contributed by atoms with Crippen LogP contribution in [0.25, 0.3) is 33.6 Å². The van der Waals surface area contributed by atoms with Crippen LogP contribution in [0.4, 0.5) is 0 Å². The van der Waals surface area contributed by atoms with Crippen molar-refractivity contribution in [2.45, 2.75) is 40.5 Å².